The summed E-state index contributed by atoms with van der Waals surface area (Å²) in [6, 6.07) is 13.5. The number of aromatic amines is 2. The normalized spacial score (nSPS) is 15.5. The largest absolute Gasteiger partial charge is 0.496 e. The van der Waals surface area contributed by atoms with Crippen LogP contribution < -0.4 is 20.8 Å². The van der Waals surface area contributed by atoms with E-state index in [-0.39, 0.29) is 17.6 Å². The second kappa shape index (κ2) is 8.57. The minimum atomic E-state index is -0.518. The highest BCUT2D eigenvalue weighted by molar-refractivity contribution is 5.76. The summed E-state index contributed by atoms with van der Waals surface area (Å²) in [5.41, 5.74) is 9.34. The topological polar surface area (TPSA) is 110 Å². The summed E-state index contributed by atoms with van der Waals surface area (Å²) in [6.45, 7) is 4.19. The van der Waals surface area contributed by atoms with Crippen molar-refractivity contribution in [1.29, 1.82) is 0 Å². The van der Waals surface area contributed by atoms with E-state index in [0.717, 1.165) is 35.4 Å². The number of amides is 1. The number of carbonyl (C=O) groups excluding carboxylic acids is 1. The van der Waals surface area contributed by atoms with Crippen LogP contribution in [0.5, 0.6) is 11.5 Å². The van der Waals surface area contributed by atoms with Gasteiger partial charge in [-0.05, 0) is 49.9 Å². The zero-order chi connectivity index (χ0) is 22.9. The van der Waals surface area contributed by atoms with Crippen LogP contribution in [0.2, 0.25) is 0 Å². The van der Waals surface area contributed by atoms with Crippen LogP contribution in [0.25, 0.3) is 0 Å². The van der Waals surface area contributed by atoms with Crippen LogP contribution in [0.1, 0.15) is 60.6 Å². The maximum atomic E-state index is 12.8. The molecular weight excluding hydrogens is 406 g/mol. The maximum absolute atomic E-state index is 12.8. The van der Waals surface area contributed by atoms with Gasteiger partial charge in [-0.2, -0.15) is 0 Å². The molecule has 0 spiro atoms. The Morgan fingerprint density at radius 3 is 2.75 bits per heavy atom. The molecule has 1 amide bonds. The van der Waals surface area contributed by atoms with E-state index in [1.165, 1.54) is 5.56 Å². The van der Waals surface area contributed by atoms with Crippen molar-refractivity contribution >= 4 is 5.91 Å². The first-order valence-electron chi connectivity index (χ1n) is 10.8. The van der Waals surface area contributed by atoms with Crippen molar-refractivity contribution in [3.8, 4) is 11.5 Å². The highest BCUT2D eigenvalue weighted by atomic mass is 16.5. The molecule has 7 heteroatoms. The number of nitrogens with one attached hydrogen (secondary N) is 2. The van der Waals surface area contributed by atoms with Crippen LogP contribution in [0.15, 0.2) is 47.3 Å². The fourth-order valence-electron chi connectivity index (χ4n) is 4.46. The van der Waals surface area contributed by atoms with Gasteiger partial charge in [0.1, 0.15) is 17.1 Å². The molecule has 7 nitrogen and oxygen atoms in total. The number of methoxy groups -OCH3 is 1. The molecule has 1 aromatic heterocycles. The van der Waals surface area contributed by atoms with E-state index >= 15 is 0 Å². The smallest absolute Gasteiger partial charge is 0.267 e. The van der Waals surface area contributed by atoms with Crippen LogP contribution in [0.3, 0.4) is 0 Å². The summed E-state index contributed by atoms with van der Waals surface area (Å²) >= 11 is 0. The Kier molecular flexibility index (Phi) is 5.82. The molecule has 1 aliphatic rings. The number of ether oxygens (including phenoxy) is 2. The second-order valence-electron chi connectivity index (χ2n) is 8.92. The van der Waals surface area contributed by atoms with E-state index in [2.05, 4.69) is 30.1 Å². The van der Waals surface area contributed by atoms with Gasteiger partial charge in [0.05, 0.1) is 7.11 Å². The van der Waals surface area contributed by atoms with Crippen LogP contribution in [0.4, 0.5) is 0 Å². The predicted molar refractivity (Wildman–Crippen MR) is 122 cm³/mol. The van der Waals surface area contributed by atoms with E-state index in [0.29, 0.717) is 17.7 Å². The van der Waals surface area contributed by atoms with E-state index in [9.17, 15) is 9.59 Å². The monoisotopic (exact) mass is 435 g/mol. The lowest BCUT2D eigenvalue weighted by molar-refractivity contribution is -0.118. The van der Waals surface area contributed by atoms with E-state index < -0.39 is 11.8 Å². The Bertz CT molecular complexity index is 1190. The molecule has 1 unspecified atom stereocenters. The number of hydrogen-bond donors (Lipinski definition) is 3. The minimum absolute atomic E-state index is 0.00141. The predicted octanol–water partition coefficient (Wildman–Crippen LogP) is 3.41. The van der Waals surface area contributed by atoms with Crippen LogP contribution in [0, 0.1) is 0 Å². The van der Waals surface area contributed by atoms with Crippen LogP contribution in [-0.4, -0.2) is 28.8 Å². The number of fused-ring (bicyclic) bond motifs is 1. The van der Waals surface area contributed by atoms with E-state index in [4.69, 9.17) is 15.2 Å². The zero-order valence-corrected chi connectivity index (χ0v) is 18.7. The highest BCUT2D eigenvalue weighted by Gasteiger charge is 2.28. The van der Waals surface area contributed by atoms with Crippen molar-refractivity contribution in [3.05, 3.63) is 80.8 Å². The van der Waals surface area contributed by atoms with Gasteiger partial charge in [-0.1, -0.05) is 30.3 Å². The first-order chi connectivity index (χ1) is 15.3. The number of hydrogen-bond acceptors (Lipinski definition) is 4. The molecule has 0 saturated heterocycles. The van der Waals surface area contributed by atoms with Gasteiger partial charge < -0.3 is 20.3 Å². The molecule has 3 aromatic rings. The summed E-state index contributed by atoms with van der Waals surface area (Å²) < 4.78 is 11.6. The van der Waals surface area contributed by atoms with Gasteiger partial charge in [0.15, 0.2) is 0 Å². The van der Waals surface area contributed by atoms with Crippen molar-refractivity contribution in [3.63, 3.8) is 0 Å². The summed E-state index contributed by atoms with van der Waals surface area (Å²) in [7, 11) is 1.57. The van der Waals surface area contributed by atoms with E-state index in [1.54, 1.807) is 7.11 Å². The standard InChI is InChI=1S/C25H29N3O4/c1-25(2)11-10-16-12-15(8-9-20(16)32-25)13-19-23(24(30)28-27-19)18(14-22(26)29)17-6-4-5-7-21(17)31-3/h4-9,12,18H,10-11,13-14H2,1-3H3,(H2,26,29)(H2,27,28,30). The molecule has 1 atom stereocenters. The molecule has 0 bridgehead atoms. The number of benzene rings is 2. The minimum Gasteiger partial charge on any atom is -0.496 e. The second-order valence-corrected chi connectivity index (χ2v) is 8.92. The third kappa shape index (κ3) is 4.42. The van der Waals surface area contributed by atoms with Gasteiger partial charge in [0, 0.05) is 35.6 Å². The molecule has 32 heavy (non-hydrogen) atoms. The molecule has 2 heterocycles. The Morgan fingerprint density at radius 1 is 1.22 bits per heavy atom. The Labute approximate surface area is 186 Å². The third-order valence-corrected chi connectivity index (χ3v) is 6.05. The van der Waals surface area contributed by atoms with Crippen molar-refractivity contribution in [2.75, 3.05) is 7.11 Å². The van der Waals surface area contributed by atoms with Crippen LogP contribution >= 0.6 is 0 Å². The summed E-state index contributed by atoms with van der Waals surface area (Å²) in [5.74, 6) is 0.517. The van der Waals surface area contributed by atoms with Crippen molar-refractivity contribution in [2.45, 2.75) is 51.0 Å². The van der Waals surface area contributed by atoms with Gasteiger partial charge >= 0.3 is 0 Å². The number of para-hydroxylation sites is 1. The molecule has 1 aliphatic heterocycles. The Morgan fingerprint density at radius 2 is 2.00 bits per heavy atom. The van der Waals surface area contributed by atoms with Gasteiger partial charge in [-0.3, -0.25) is 14.7 Å². The zero-order valence-electron chi connectivity index (χ0n) is 18.7. The maximum Gasteiger partial charge on any atom is 0.267 e. The Balaban J connectivity index is 1.71. The SMILES string of the molecule is COc1ccccc1C(CC(N)=O)c1c(Cc2ccc3c(c2)CCC(C)(C)O3)[nH][nH]c1=O. The van der Waals surface area contributed by atoms with Gasteiger partial charge in [-0.25, -0.2) is 0 Å². The van der Waals surface area contributed by atoms with Crippen LogP contribution in [-0.2, 0) is 17.6 Å². The molecule has 0 saturated carbocycles. The number of rotatable bonds is 7. The third-order valence-electron chi connectivity index (χ3n) is 6.05. The highest BCUT2D eigenvalue weighted by Crippen LogP contribution is 2.36. The number of H-pyrrole nitrogens is 2. The average molecular weight is 436 g/mol. The lowest BCUT2D eigenvalue weighted by atomic mass is 9.86. The van der Waals surface area contributed by atoms with Gasteiger partial charge in [-0.15, -0.1) is 0 Å². The molecule has 168 valence electrons. The number of nitrogens with two attached hydrogens (primary N) is 1. The van der Waals surface area contributed by atoms with Crippen molar-refractivity contribution in [1.82, 2.24) is 10.2 Å². The molecule has 4 rings (SSSR count). The molecule has 2 aromatic carbocycles. The number of primary amides is 1. The summed E-state index contributed by atoms with van der Waals surface area (Å²) in [6.07, 6.45) is 2.40. The van der Waals surface area contributed by atoms with Gasteiger partial charge in [0.25, 0.3) is 5.56 Å². The fourth-order valence-corrected chi connectivity index (χ4v) is 4.46. The average Bonchev–Trinajstić information content (AvgIpc) is 3.11. The molecule has 0 fully saturated rings. The number of carbonyl (C=O) groups is 1. The van der Waals surface area contributed by atoms with E-state index in [1.807, 2.05) is 36.4 Å². The fraction of sp³-hybridized carbons (Fsp3) is 0.360. The summed E-state index contributed by atoms with van der Waals surface area (Å²) in [4.78, 5) is 24.7. The Hall–Kier alpha value is -3.48. The lowest BCUT2D eigenvalue weighted by Gasteiger charge is -2.32. The molecular formula is C25H29N3O4. The number of aromatic nitrogens is 2. The number of aryl methyl sites for hydroxylation is 1. The first-order valence-corrected chi connectivity index (χ1v) is 10.8. The summed E-state index contributed by atoms with van der Waals surface area (Å²) in [5, 5.41) is 5.71. The van der Waals surface area contributed by atoms with Crippen molar-refractivity contribution < 1.29 is 14.3 Å². The molecule has 0 radical (unpaired) electrons. The van der Waals surface area contributed by atoms with Gasteiger partial charge in [0.2, 0.25) is 5.91 Å². The first kappa shape index (κ1) is 21.7. The quantitative estimate of drug-likeness (QED) is 0.528. The van der Waals surface area contributed by atoms with Crippen molar-refractivity contribution in [2.24, 2.45) is 5.73 Å². The molecule has 0 aliphatic carbocycles. The molecule has 4 N–H and O–H groups in total. The lowest BCUT2D eigenvalue weighted by Crippen LogP contribution is -2.32.